The summed E-state index contributed by atoms with van der Waals surface area (Å²) in [7, 11) is 0. The summed E-state index contributed by atoms with van der Waals surface area (Å²) in [6.45, 7) is 4.12. The predicted molar refractivity (Wildman–Crippen MR) is 102 cm³/mol. The third kappa shape index (κ3) is 3.79. The Balaban J connectivity index is 1.93. The zero-order chi connectivity index (χ0) is 18.0. The number of nitrogens with zero attached hydrogens (tertiary/aromatic N) is 2. The van der Waals surface area contributed by atoms with Crippen LogP contribution in [0.4, 0.5) is 0 Å². The van der Waals surface area contributed by atoms with Crippen LogP contribution < -0.4 is 5.56 Å². The standard InChI is InChI=1S/C19H18BrN3O2/c1-12(2)23(19(25)13-7-9-14(20)10-8-13)11-17-21-16-6-4-3-5-15(16)18(24)22-17/h3-10,12H,11H2,1-2H3,(H,21,22,24). The van der Waals surface area contributed by atoms with E-state index in [0.717, 1.165) is 4.47 Å². The Morgan fingerprint density at radius 2 is 1.84 bits per heavy atom. The molecule has 0 unspecified atom stereocenters. The molecule has 0 bridgehead atoms. The lowest BCUT2D eigenvalue weighted by atomic mass is 10.1. The van der Waals surface area contributed by atoms with Crippen LogP contribution in [0, 0.1) is 0 Å². The van der Waals surface area contributed by atoms with E-state index < -0.39 is 0 Å². The third-order valence-corrected chi connectivity index (χ3v) is 4.49. The van der Waals surface area contributed by atoms with Crippen LogP contribution in [0.25, 0.3) is 10.9 Å². The molecule has 128 valence electrons. The lowest BCUT2D eigenvalue weighted by molar-refractivity contribution is 0.0685. The second kappa shape index (κ2) is 7.19. The minimum Gasteiger partial charge on any atom is -0.329 e. The van der Waals surface area contributed by atoms with Crippen LogP contribution in [0.5, 0.6) is 0 Å². The molecular formula is C19H18BrN3O2. The number of amides is 1. The Labute approximate surface area is 153 Å². The molecule has 0 saturated carbocycles. The normalized spacial score (nSPS) is 11.0. The minimum absolute atomic E-state index is 0.0343. The molecule has 0 atom stereocenters. The first-order valence-electron chi connectivity index (χ1n) is 8.00. The minimum atomic E-state index is -0.194. The predicted octanol–water partition coefficient (Wildman–Crippen LogP) is 3.74. The van der Waals surface area contributed by atoms with Gasteiger partial charge < -0.3 is 9.88 Å². The number of nitrogens with one attached hydrogen (secondary N) is 1. The summed E-state index contributed by atoms with van der Waals surface area (Å²) >= 11 is 3.37. The van der Waals surface area contributed by atoms with Crippen molar-refractivity contribution in [2.24, 2.45) is 0 Å². The summed E-state index contributed by atoms with van der Waals surface area (Å²) in [5.41, 5.74) is 1.03. The van der Waals surface area contributed by atoms with Gasteiger partial charge in [-0.05, 0) is 50.2 Å². The molecule has 0 radical (unpaired) electrons. The number of hydrogen-bond donors (Lipinski definition) is 1. The summed E-state index contributed by atoms with van der Waals surface area (Å²) < 4.78 is 0.917. The van der Waals surface area contributed by atoms with Crippen LogP contribution in [-0.2, 0) is 6.54 Å². The van der Waals surface area contributed by atoms with Crippen molar-refractivity contribution in [1.82, 2.24) is 14.9 Å². The Hall–Kier alpha value is -2.47. The number of aromatic nitrogens is 2. The molecule has 6 heteroatoms. The van der Waals surface area contributed by atoms with Crippen LogP contribution in [0.2, 0.25) is 0 Å². The largest absolute Gasteiger partial charge is 0.329 e. The highest BCUT2D eigenvalue weighted by molar-refractivity contribution is 9.10. The topological polar surface area (TPSA) is 66.1 Å². The van der Waals surface area contributed by atoms with Gasteiger partial charge in [0.15, 0.2) is 0 Å². The van der Waals surface area contributed by atoms with Gasteiger partial charge in [0, 0.05) is 16.1 Å². The Morgan fingerprint density at radius 1 is 1.16 bits per heavy atom. The summed E-state index contributed by atoms with van der Waals surface area (Å²) in [6.07, 6.45) is 0. The third-order valence-electron chi connectivity index (χ3n) is 3.96. The van der Waals surface area contributed by atoms with Gasteiger partial charge in [-0.2, -0.15) is 0 Å². The molecule has 1 heterocycles. The Bertz CT molecular complexity index is 964. The number of para-hydroxylation sites is 1. The first-order chi connectivity index (χ1) is 12.0. The SMILES string of the molecule is CC(C)N(Cc1nc2ccccc2c(=O)[nH]1)C(=O)c1ccc(Br)cc1. The van der Waals surface area contributed by atoms with E-state index in [0.29, 0.717) is 22.3 Å². The Kier molecular flexibility index (Phi) is 4.99. The smallest absolute Gasteiger partial charge is 0.258 e. The second-order valence-electron chi connectivity index (χ2n) is 6.06. The second-order valence-corrected chi connectivity index (χ2v) is 6.98. The van der Waals surface area contributed by atoms with Crippen LogP contribution >= 0.6 is 15.9 Å². The average Bonchev–Trinajstić information content (AvgIpc) is 2.59. The number of halogens is 1. The molecule has 1 amide bonds. The maximum absolute atomic E-state index is 12.8. The number of rotatable bonds is 4. The molecule has 2 aromatic carbocycles. The van der Waals surface area contributed by atoms with Crippen molar-refractivity contribution in [3.8, 4) is 0 Å². The first-order valence-corrected chi connectivity index (χ1v) is 8.79. The van der Waals surface area contributed by atoms with E-state index in [1.165, 1.54) is 0 Å². The lowest BCUT2D eigenvalue weighted by Gasteiger charge is -2.26. The van der Waals surface area contributed by atoms with E-state index in [4.69, 9.17) is 0 Å². The number of aromatic amines is 1. The van der Waals surface area contributed by atoms with Crippen molar-refractivity contribution in [1.29, 1.82) is 0 Å². The number of benzene rings is 2. The van der Waals surface area contributed by atoms with Crippen molar-refractivity contribution in [3.63, 3.8) is 0 Å². The first kappa shape index (κ1) is 17.4. The van der Waals surface area contributed by atoms with Gasteiger partial charge in [0.1, 0.15) is 5.82 Å². The number of fused-ring (bicyclic) bond motifs is 1. The fraction of sp³-hybridized carbons (Fsp3) is 0.211. The molecule has 1 aromatic heterocycles. The molecule has 0 saturated heterocycles. The number of carbonyl (C=O) groups excluding carboxylic acids is 1. The maximum Gasteiger partial charge on any atom is 0.258 e. The van der Waals surface area contributed by atoms with Gasteiger partial charge in [0.05, 0.1) is 17.4 Å². The van der Waals surface area contributed by atoms with Crippen LogP contribution in [0.15, 0.2) is 57.8 Å². The van der Waals surface area contributed by atoms with Crippen LogP contribution in [0.1, 0.15) is 30.0 Å². The molecule has 25 heavy (non-hydrogen) atoms. The van der Waals surface area contributed by atoms with Crippen LogP contribution in [0.3, 0.4) is 0 Å². The van der Waals surface area contributed by atoms with E-state index in [-0.39, 0.29) is 24.1 Å². The van der Waals surface area contributed by atoms with Crippen LogP contribution in [-0.4, -0.2) is 26.8 Å². The van der Waals surface area contributed by atoms with Gasteiger partial charge in [-0.25, -0.2) is 4.98 Å². The quantitative estimate of drug-likeness (QED) is 0.726. The van der Waals surface area contributed by atoms with Gasteiger partial charge in [-0.3, -0.25) is 9.59 Å². The monoisotopic (exact) mass is 399 g/mol. The fourth-order valence-corrected chi connectivity index (χ4v) is 2.88. The zero-order valence-electron chi connectivity index (χ0n) is 14.0. The molecule has 0 spiro atoms. The maximum atomic E-state index is 12.8. The highest BCUT2D eigenvalue weighted by Gasteiger charge is 2.20. The summed E-state index contributed by atoms with van der Waals surface area (Å²) in [5, 5.41) is 0.543. The lowest BCUT2D eigenvalue weighted by Crippen LogP contribution is -2.37. The van der Waals surface area contributed by atoms with E-state index in [1.54, 1.807) is 35.2 Å². The van der Waals surface area contributed by atoms with E-state index in [2.05, 4.69) is 25.9 Å². The van der Waals surface area contributed by atoms with Gasteiger partial charge in [-0.15, -0.1) is 0 Å². The summed E-state index contributed by atoms with van der Waals surface area (Å²) in [5.74, 6) is 0.376. The average molecular weight is 400 g/mol. The van der Waals surface area contributed by atoms with Gasteiger partial charge in [0.2, 0.25) is 0 Å². The molecule has 0 aliphatic carbocycles. The molecule has 1 N–H and O–H groups in total. The van der Waals surface area contributed by atoms with Crippen molar-refractivity contribution in [2.45, 2.75) is 26.4 Å². The van der Waals surface area contributed by atoms with Crippen molar-refractivity contribution in [3.05, 3.63) is 74.7 Å². The molecule has 3 rings (SSSR count). The fourth-order valence-electron chi connectivity index (χ4n) is 2.62. The number of H-pyrrole nitrogens is 1. The van der Waals surface area contributed by atoms with E-state index >= 15 is 0 Å². The molecule has 0 aliphatic heterocycles. The summed E-state index contributed by atoms with van der Waals surface area (Å²) in [4.78, 5) is 34.0. The molecule has 3 aromatic rings. The van der Waals surface area contributed by atoms with E-state index in [9.17, 15) is 9.59 Å². The Morgan fingerprint density at radius 3 is 2.52 bits per heavy atom. The zero-order valence-corrected chi connectivity index (χ0v) is 15.6. The highest BCUT2D eigenvalue weighted by atomic mass is 79.9. The molecule has 0 fully saturated rings. The summed E-state index contributed by atoms with van der Waals surface area (Å²) in [6, 6.07) is 14.4. The van der Waals surface area contributed by atoms with Gasteiger partial charge >= 0.3 is 0 Å². The number of carbonyl (C=O) groups is 1. The van der Waals surface area contributed by atoms with Gasteiger partial charge in [-0.1, -0.05) is 28.1 Å². The van der Waals surface area contributed by atoms with Crippen molar-refractivity contribution >= 4 is 32.7 Å². The molecule has 5 nitrogen and oxygen atoms in total. The van der Waals surface area contributed by atoms with Crippen molar-refractivity contribution < 1.29 is 4.79 Å². The highest BCUT2D eigenvalue weighted by Crippen LogP contribution is 2.15. The molecule has 0 aliphatic rings. The van der Waals surface area contributed by atoms with Crippen molar-refractivity contribution in [2.75, 3.05) is 0 Å². The van der Waals surface area contributed by atoms with E-state index in [1.807, 2.05) is 32.0 Å². The number of hydrogen-bond acceptors (Lipinski definition) is 3. The van der Waals surface area contributed by atoms with Gasteiger partial charge in [0.25, 0.3) is 11.5 Å². The molecular weight excluding hydrogens is 382 g/mol.